The molecule has 0 unspecified atom stereocenters. The number of hydrogen-bond acceptors (Lipinski definition) is 8. The van der Waals surface area contributed by atoms with E-state index in [0.29, 0.717) is 16.9 Å². The maximum atomic E-state index is 12.4. The molecule has 1 aliphatic heterocycles. The monoisotopic (exact) mass is 399 g/mol. The Morgan fingerprint density at radius 2 is 1.96 bits per heavy atom. The van der Waals surface area contributed by atoms with Crippen LogP contribution in [0.25, 0.3) is 11.7 Å². The summed E-state index contributed by atoms with van der Waals surface area (Å²) in [5.41, 5.74) is 1.87. The molecule has 0 saturated carbocycles. The van der Waals surface area contributed by atoms with E-state index >= 15 is 0 Å². The van der Waals surface area contributed by atoms with Crippen molar-refractivity contribution in [1.82, 2.24) is 15.1 Å². The molecular weight excluding hydrogens is 378 g/mol. The molecule has 8 nitrogen and oxygen atoms in total. The SMILES string of the molecule is CN1CCN(c2ccccc2NC(=O)CSc2nnc(-c3ccco3)o2)CC1. The molecule has 1 amide bonds. The number of nitrogens with one attached hydrogen (secondary N) is 1. The zero-order valence-electron chi connectivity index (χ0n) is 15.5. The molecule has 9 heteroatoms. The van der Waals surface area contributed by atoms with Crippen LogP contribution in [0.4, 0.5) is 11.4 Å². The standard InChI is InChI=1S/C19H21N5O3S/c1-23-8-10-24(11-9-23)15-6-3-2-5-14(15)20-17(25)13-28-19-22-21-18(27-19)16-7-4-12-26-16/h2-7,12H,8-11,13H2,1H3,(H,20,25). The number of hydrogen-bond donors (Lipinski definition) is 1. The van der Waals surface area contributed by atoms with Crippen molar-refractivity contribution < 1.29 is 13.6 Å². The number of likely N-dealkylation sites (N-methyl/N-ethyl adjacent to an activating group) is 1. The number of furan rings is 1. The van der Waals surface area contributed by atoms with Crippen LogP contribution < -0.4 is 10.2 Å². The van der Waals surface area contributed by atoms with Crippen LogP contribution in [0.2, 0.25) is 0 Å². The number of nitrogens with zero attached hydrogens (tertiary/aromatic N) is 4. The van der Waals surface area contributed by atoms with E-state index in [0.717, 1.165) is 37.6 Å². The summed E-state index contributed by atoms with van der Waals surface area (Å²) >= 11 is 1.19. The van der Waals surface area contributed by atoms with E-state index in [9.17, 15) is 4.79 Å². The summed E-state index contributed by atoms with van der Waals surface area (Å²) in [4.78, 5) is 17.0. The molecule has 0 aliphatic carbocycles. The van der Waals surface area contributed by atoms with E-state index in [1.54, 1.807) is 12.1 Å². The second-order valence-corrected chi connectivity index (χ2v) is 7.42. The first kappa shape index (κ1) is 18.6. The lowest BCUT2D eigenvalue weighted by atomic mass is 10.2. The number of anilines is 2. The molecular formula is C19H21N5O3S. The Morgan fingerprint density at radius 3 is 2.75 bits per heavy atom. The second-order valence-electron chi connectivity index (χ2n) is 6.49. The van der Waals surface area contributed by atoms with Crippen molar-refractivity contribution in [3.05, 3.63) is 42.7 Å². The van der Waals surface area contributed by atoms with Crippen molar-refractivity contribution in [2.24, 2.45) is 0 Å². The number of aromatic nitrogens is 2. The van der Waals surface area contributed by atoms with Gasteiger partial charge in [0, 0.05) is 26.2 Å². The van der Waals surface area contributed by atoms with Crippen LogP contribution in [0.15, 0.2) is 56.7 Å². The van der Waals surface area contributed by atoms with Crippen LogP contribution in [0.5, 0.6) is 0 Å². The molecule has 3 aromatic rings. The van der Waals surface area contributed by atoms with Gasteiger partial charge in [0.1, 0.15) is 0 Å². The maximum absolute atomic E-state index is 12.4. The molecule has 1 saturated heterocycles. The first-order valence-corrected chi connectivity index (χ1v) is 10.00. The first-order chi connectivity index (χ1) is 13.7. The Morgan fingerprint density at radius 1 is 1.14 bits per heavy atom. The third-order valence-corrected chi connectivity index (χ3v) is 5.31. The molecule has 0 atom stereocenters. The molecule has 1 N–H and O–H groups in total. The van der Waals surface area contributed by atoms with E-state index in [-0.39, 0.29) is 11.7 Å². The zero-order valence-corrected chi connectivity index (χ0v) is 16.3. The fraction of sp³-hybridized carbons (Fsp3) is 0.316. The predicted molar refractivity (Wildman–Crippen MR) is 108 cm³/mol. The molecule has 28 heavy (non-hydrogen) atoms. The van der Waals surface area contributed by atoms with E-state index in [1.165, 1.54) is 18.0 Å². The van der Waals surface area contributed by atoms with Gasteiger partial charge in [-0.25, -0.2) is 0 Å². The highest BCUT2D eigenvalue weighted by atomic mass is 32.2. The molecule has 1 fully saturated rings. The van der Waals surface area contributed by atoms with Crippen LogP contribution in [-0.4, -0.2) is 60.0 Å². The van der Waals surface area contributed by atoms with E-state index in [4.69, 9.17) is 8.83 Å². The summed E-state index contributed by atoms with van der Waals surface area (Å²) < 4.78 is 10.7. The molecule has 1 aliphatic rings. The normalized spacial score (nSPS) is 15.0. The summed E-state index contributed by atoms with van der Waals surface area (Å²) in [6, 6.07) is 11.4. The number of carbonyl (C=O) groups is 1. The van der Waals surface area contributed by atoms with Crippen LogP contribution in [0, 0.1) is 0 Å². The average molecular weight is 399 g/mol. The molecule has 0 radical (unpaired) electrons. The molecule has 1 aromatic carbocycles. The smallest absolute Gasteiger partial charge is 0.284 e. The average Bonchev–Trinajstić information content (AvgIpc) is 3.39. The van der Waals surface area contributed by atoms with Crippen molar-refractivity contribution in [2.45, 2.75) is 5.22 Å². The fourth-order valence-electron chi connectivity index (χ4n) is 2.98. The Labute approximate surface area is 166 Å². The van der Waals surface area contributed by atoms with Crippen molar-refractivity contribution in [3.63, 3.8) is 0 Å². The third kappa shape index (κ3) is 4.37. The molecule has 146 valence electrons. The van der Waals surface area contributed by atoms with Crippen molar-refractivity contribution in [1.29, 1.82) is 0 Å². The lowest BCUT2D eigenvalue weighted by Gasteiger charge is -2.35. The maximum Gasteiger partial charge on any atom is 0.284 e. The van der Waals surface area contributed by atoms with E-state index < -0.39 is 0 Å². The lowest BCUT2D eigenvalue weighted by Crippen LogP contribution is -2.44. The minimum atomic E-state index is -0.121. The molecule has 0 bridgehead atoms. The van der Waals surface area contributed by atoms with Gasteiger partial charge in [-0.1, -0.05) is 23.9 Å². The summed E-state index contributed by atoms with van der Waals surface area (Å²) in [5.74, 6) is 0.860. The molecule has 4 rings (SSSR count). The van der Waals surface area contributed by atoms with Gasteiger partial charge in [-0.05, 0) is 31.3 Å². The van der Waals surface area contributed by atoms with Crippen molar-refractivity contribution >= 4 is 29.0 Å². The second kappa shape index (κ2) is 8.49. The molecule has 0 spiro atoms. The first-order valence-electron chi connectivity index (χ1n) is 9.01. The van der Waals surface area contributed by atoms with Crippen LogP contribution in [-0.2, 0) is 4.79 Å². The third-order valence-electron chi connectivity index (χ3n) is 4.49. The highest BCUT2D eigenvalue weighted by Crippen LogP contribution is 2.27. The number of para-hydroxylation sites is 2. The van der Waals surface area contributed by atoms with Gasteiger partial charge < -0.3 is 24.0 Å². The number of thioether (sulfide) groups is 1. The predicted octanol–water partition coefficient (Wildman–Crippen LogP) is 2.81. The number of rotatable bonds is 6. The highest BCUT2D eigenvalue weighted by Gasteiger charge is 2.18. The van der Waals surface area contributed by atoms with E-state index in [2.05, 4.69) is 32.4 Å². The summed E-state index contributed by atoms with van der Waals surface area (Å²) in [5, 5.41) is 11.2. The van der Waals surface area contributed by atoms with Crippen molar-refractivity contribution in [3.8, 4) is 11.7 Å². The van der Waals surface area contributed by atoms with Gasteiger partial charge in [0.25, 0.3) is 11.1 Å². The number of carbonyl (C=O) groups excluding carboxylic acids is 1. The van der Waals surface area contributed by atoms with Crippen LogP contribution >= 0.6 is 11.8 Å². The summed E-state index contributed by atoms with van der Waals surface area (Å²) in [7, 11) is 2.12. The quantitative estimate of drug-likeness (QED) is 0.633. The van der Waals surface area contributed by atoms with Gasteiger partial charge in [0.2, 0.25) is 5.91 Å². The minimum absolute atomic E-state index is 0.121. The zero-order chi connectivity index (χ0) is 19.3. The van der Waals surface area contributed by atoms with Gasteiger partial charge in [0.15, 0.2) is 5.76 Å². The Kier molecular flexibility index (Phi) is 5.63. The molecule has 3 heterocycles. The van der Waals surface area contributed by atoms with Crippen molar-refractivity contribution in [2.75, 3.05) is 49.2 Å². The Hall–Kier alpha value is -2.78. The summed E-state index contributed by atoms with van der Waals surface area (Å²) in [6.45, 7) is 3.89. The topological polar surface area (TPSA) is 87.6 Å². The van der Waals surface area contributed by atoms with Gasteiger partial charge in [-0.15, -0.1) is 10.2 Å². The van der Waals surface area contributed by atoms with Crippen LogP contribution in [0.3, 0.4) is 0 Å². The number of piperazine rings is 1. The molecule has 2 aromatic heterocycles. The van der Waals surface area contributed by atoms with Gasteiger partial charge in [-0.3, -0.25) is 4.79 Å². The number of amides is 1. The Balaban J connectivity index is 1.35. The van der Waals surface area contributed by atoms with Crippen LogP contribution in [0.1, 0.15) is 0 Å². The van der Waals surface area contributed by atoms with Gasteiger partial charge in [0.05, 0.1) is 23.4 Å². The van der Waals surface area contributed by atoms with Gasteiger partial charge in [-0.2, -0.15) is 0 Å². The van der Waals surface area contributed by atoms with E-state index in [1.807, 2.05) is 24.3 Å². The lowest BCUT2D eigenvalue weighted by molar-refractivity contribution is -0.113. The minimum Gasteiger partial charge on any atom is -0.459 e. The summed E-state index contributed by atoms with van der Waals surface area (Å²) in [6.07, 6.45) is 1.54. The van der Waals surface area contributed by atoms with Gasteiger partial charge >= 0.3 is 0 Å². The largest absolute Gasteiger partial charge is 0.459 e. The Bertz CT molecular complexity index is 919. The highest BCUT2D eigenvalue weighted by molar-refractivity contribution is 7.99. The number of benzene rings is 1. The fourth-order valence-corrected chi connectivity index (χ4v) is 3.55.